The van der Waals surface area contributed by atoms with Crippen molar-refractivity contribution in [3.05, 3.63) is 66.8 Å². The molecule has 4 nitrogen and oxygen atoms in total. The van der Waals surface area contributed by atoms with E-state index < -0.39 is 5.97 Å². The van der Waals surface area contributed by atoms with Gasteiger partial charge in [-0.3, -0.25) is 4.79 Å². The molecule has 0 aromatic heterocycles. The van der Waals surface area contributed by atoms with Crippen LogP contribution in [0.2, 0.25) is 0 Å². The molecule has 194 valence electrons. The molecule has 2 heterocycles. The summed E-state index contributed by atoms with van der Waals surface area (Å²) >= 11 is 0. The summed E-state index contributed by atoms with van der Waals surface area (Å²) in [4.78, 5) is 14.2. The van der Waals surface area contributed by atoms with Crippen molar-refractivity contribution in [1.82, 2.24) is 4.90 Å². The number of aryl methyl sites for hydroxylation is 1. The van der Waals surface area contributed by atoms with E-state index in [0.717, 1.165) is 25.5 Å². The summed E-state index contributed by atoms with van der Waals surface area (Å²) in [6, 6.07) is 7.67. The van der Waals surface area contributed by atoms with Gasteiger partial charge in [-0.05, 0) is 58.3 Å². The summed E-state index contributed by atoms with van der Waals surface area (Å²) in [7, 11) is 2.28. The van der Waals surface area contributed by atoms with E-state index in [2.05, 4.69) is 61.7 Å². The molecule has 2 atom stereocenters. The summed E-state index contributed by atoms with van der Waals surface area (Å²) in [5.74, 6) is -0.188. The van der Waals surface area contributed by atoms with Gasteiger partial charge in [-0.15, -0.1) is 6.58 Å². The Morgan fingerprint density at radius 3 is 2.26 bits per heavy atom. The fraction of sp³-hybridized carbons (Fsp3) is 0.567. The molecule has 2 aliphatic heterocycles. The second kappa shape index (κ2) is 20.1. The molecule has 4 heteroatoms. The van der Waals surface area contributed by atoms with Crippen LogP contribution in [0, 0.1) is 6.92 Å². The van der Waals surface area contributed by atoms with Gasteiger partial charge in [0.25, 0.3) is 5.97 Å². The van der Waals surface area contributed by atoms with Crippen molar-refractivity contribution >= 4 is 11.7 Å². The van der Waals surface area contributed by atoms with Crippen molar-refractivity contribution in [2.45, 2.75) is 86.1 Å². The molecule has 0 aliphatic carbocycles. The minimum Gasteiger partial charge on any atom is -0.481 e. The van der Waals surface area contributed by atoms with Gasteiger partial charge in [-0.1, -0.05) is 82.7 Å². The first-order valence-electron chi connectivity index (χ1n) is 12.9. The number of benzene rings is 1. The number of fused-ring (bicyclic) bond motifs is 3. The number of anilines is 1. The van der Waals surface area contributed by atoms with Crippen LogP contribution in [-0.4, -0.2) is 48.7 Å². The minimum absolute atomic E-state index is 0.646. The number of hydrogen-bond donors (Lipinski definition) is 1. The van der Waals surface area contributed by atoms with E-state index in [4.69, 9.17) is 9.90 Å². The molecule has 1 fully saturated rings. The molecule has 1 N–H and O–H groups in total. The van der Waals surface area contributed by atoms with Crippen molar-refractivity contribution in [3.63, 3.8) is 0 Å². The first kappa shape index (κ1) is 33.8. The number of rotatable bonds is 4. The number of likely N-dealkylation sites (tertiary alicyclic amines) is 1. The molecule has 0 spiro atoms. The fourth-order valence-electron chi connectivity index (χ4n) is 4.23. The first-order chi connectivity index (χ1) is 16.2. The normalized spacial score (nSPS) is 18.1. The van der Waals surface area contributed by atoms with E-state index in [1.807, 2.05) is 40.7 Å². The maximum atomic E-state index is 9.00. The number of likely N-dealkylation sites (N-methyl/N-ethyl adjacent to an activating group) is 1. The van der Waals surface area contributed by atoms with E-state index in [0.29, 0.717) is 12.0 Å². The Labute approximate surface area is 211 Å². The third kappa shape index (κ3) is 12.2. The lowest BCUT2D eigenvalue weighted by molar-refractivity contribution is -0.134. The van der Waals surface area contributed by atoms with Crippen molar-refractivity contribution in [2.75, 3.05) is 31.6 Å². The molecular weight excluding hydrogens is 420 g/mol. The Bertz CT molecular complexity index is 723. The zero-order valence-corrected chi connectivity index (χ0v) is 23.4. The van der Waals surface area contributed by atoms with Crippen LogP contribution in [0.5, 0.6) is 0 Å². The Kier molecular flexibility index (Phi) is 20.0. The molecule has 2 unspecified atom stereocenters. The monoisotopic (exact) mass is 472 g/mol. The van der Waals surface area contributed by atoms with Gasteiger partial charge in [0.2, 0.25) is 0 Å². The van der Waals surface area contributed by atoms with Crippen LogP contribution < -0.4 is 4.90 Å². The van der Waals surface area contributed by atoms with Gasteiger partial charge in [0.1, 0.15) is 0 Å². The van der Waals surface area contributed by atoms with Gasteiger partial charge < -0.3 is 14.9 Å². The Morgan fingerprint density at radius 1 is 1.18 bits per heavy atom. The largest absolute Gasteiger partial charge is 0.481 e. The second-order valence-electron chi connectivity index (χ2n) is 8.23. The highest BCUT2D eigenvalue weighted by Crippen LogP contribution is 2.44. The van der Waals surface area contributed by atoms with Crippen LogP contribution in [0.1, 0.15) is 84.3 Å². The highest BCUT2D eigenvalue weighted by molar-refractivity contribution is 5.63. The zero-order valence-electron chi connectivity index (χ0n) is 23.4. The Balaban J connectivity index is 0. The van der Waals surface area contributed by atoms with Gasteiger partial charge >= 0.3 is 0 Å². The molecule has 1 aromatic carbocycles. The zero-order chi connectivity index (χ0) is 26.7. The quantitative estimate of drug-likeness (QED) is 0.358. The Morgan fingerprint density at radius 2 is 1.74 bits per heavy atom. The maximum absolute atomic E-state index is 9.00. The summed E-state index contributed by atoms with van der Waals surface area (Å²) in [5.41, 5.74) is 5.54. The highest BCUT2D eigenvalue weighted by Gasteiger charge is 2.38. The number of aliphatic carboxylic acids is 1. The lowest BCUT2D eigenvalue weighted by Gasteiger charge is -2.34. The lowest BCUT2D eigenvalue weighted by atomic mass is 9.89. The minimum atomic E-state index is -0.833. The molecular formula is C30H52N2O2. The smallest absolute Gasteiger partial charge is 0.300 e. The topological polar surface area (TPSA) is 43.8 Å². The molecule has 0 bridgehead atoms. The van der Waals surface area contributed by atoms with E-state index >= 15 is 0 Å². The van der Waals surface area contributed by atoms with E-state index in [1.165, 1.54) is 43.6 Å². The van der Waals surface area contributed by atoms with E-state index in [1.54, 1.807) is 11.6 Å². The summed E-state index contributed by atoms with van der Waals surface area (Å²) in [6.07, 6.45) is 8.62. The van der Waals surface area contributed by atoms with Crippen LogP contribution in [0.3, 0.4) is 0 Å². The van der Waals surface area contributed by atoms with Crippen LogP contribution in [-0.2, 0) is 4.79 Å². The van der Waals surface area contributed by atoms with Gasteiger partial charge in [-0.25, -0.2) is 0 Å². The molecule has 0 radical (unpaired) electrons. The Hall–Kier alpha value is -2.33. The van der Waals surface area contributed by atoms with Crippen LogP contribution in [0.4, 0.5) is 5.69 Å². The third-order valence-electron chi connectivity index (χ3n) is 5.52. The number of hydrogen-bond acceptors (Lipinski definition) is 3. The number of allylic oxidation sites excluding steroid dienone is 2. The summed E-state index contributed by atoms with van der Waals surface area (Å²) < 4.78 is 0. The predicted molar refractivity (Wildman–Crippen MR) is 152 cm³/mol. The molecule has 1 saturated heterocycles. The van der Waals surface area contributed by atoms with Crippen molar-refractivity contribution in [3.8, 4) is 0 Å². The second-order valence-corrected chi connectivity index (χ2v) is 8.23. The van der Waals surface area contributed by atoms with Crippen LogP contribution in [0.25, 0.3) is 0 Å². The standard InChI is InChI=1S/C21H30N2.C3H6.C2H4O2.2C2H6/c1-5-16(2)11-13-23-20-8-6-7-12-22(4)15-19(20)18-14-17(3)9-10-21(18)23;1-3-2;1-2(3)4;2*1-2/h5,9-10,14,19-20H,1-2,6-8,11-13,15H2,3-4H3;3H,1H2,2H3;1H3,(H,3,4);2*1-2H3. The number of carbonyl (C=O) groups is 1. The van der Waals surface area contributed by atoms with Crippen molar-refractivity contribution < 1.29 is 9.90 Å². The van der Waals surface area contributed by atoms with Crippen LogP contribution >= 0.6 is 0 Å². The van der Waals surface area contributed by atoms with E-state index in [-0.39, 0.29) is 0 Å². The van der Waals surface area contributed by atoms with Crippen LogP contribution in [0.15, 0.2) is 55.7 Å². The third-order valence-corrected chi connectivity index (χ3v) is 5.52. The number of carboxylic acid groups (broad SMARTS) is 1. The highest BCUT2D eigenvalue weighted by atomic mass is 16.4. The average molecular weight is 473 g/mol. The molecule has 34 heavy (non-hydrogen) atoms. The SMILES string of the molecule is C=CC.C=CC(=C)CCN1c2ccc(C)cc2C2CN(C)CCCCC21.CC.CC.CC(=O)O. The fourth-order valence-corrected chi connectivity index (χ4v) is 4.23. The van der Waals surface area contributed by atoms with Crippen molar-refractivity contribution in [2.24, 2.45) is 0 Å². The first-order valence-corrected chi connectivity index (χ1v) is 12.9. The van der Waals surface area contributed by atoms with Gasteiger partial charge in [0, 0.05) is 37.7 Å². The number of nitrogens with zero attached hydrogens (tertiary/aromatic N) is 2. The molecule has 0 saturated carbocycles. The van der Waals surface area contributed by atoms with Gasteiger partial charge in [-0.2, -0.15) is 0 Å². The molecule has 3 rings (SSSR count). The van der Waals surface area contributed by atoms with Crippen molar-refractivity contribution in [1.29, 1.82) is 0 Å². The van der Waals surface area contributed by atoms with Gasteiger partial charge in [0.05, 0.1) is 0 Å². The average Bonchev–Trinajstić information content (AvgIpc) is 3.07. The molecule has 1 aromatic rings. The predicted octanol–water partition coefficient (Wildman–Crippen LogP) is 7.85. The van der Waals surface area contributed by atoms with Gasteiger partial charge in [0.15, 0.2) is 0 Å². The summed E-state index contributed by atoms with van der Waals surface area (Å²) in [6.45, 7) is 28.0. The lowest BCUT2D eigenvalue weighted by Crippen LogP contribution is -2.40. The number of carboxylic acids is 1. The maximum Gasteiger partial charge on any atom is 0.300 e. The van der Waals surface area contributed by atoms with E-state index in [9.17, 15) is 0 Å². The molecule has 0 amide bonds. The summed E-state index contributed by atoms with van der Waals surface area (Å²) in [5, 5.41) is 7.42. The molecule has 2 aliphatic rings.